The predicted molar refractivity (Wildman–Crippen MR) is 91.4 cm³/mol. The van der Waals surface area contributed by atoms with E-state index in [1.165, 1.54) is 30.5 Å². The molecule has 8 heteroatoms. The van der Waals surface area contributed by atoms with Gasteiger partial charge in [0.2, 0.25) is 10.0 Å². The van der Waals surface area contributed by atoms with Crippen molar-refractivity contribution in [2.45, 2.75) is 4.90 Å². The molecule has 1 aromatic heterocycles. The maximum Gasteiger partial charge on any atom is 0.242 e. The molecule has 2 N–H and O–H groups in total. The summed E-state index contributed by atoms with van der Waals surface area (Å²) in [7, 11) is -0.494. The topological polar surface area (TPSA) is 74.3 Å². The second-order valence-electron chi connectivity index (χ2n) is 4.64. The third-order valence-corrected chi connectivity index (χ3v) is 4.81. The number of thiocarbonyl (C=S) groups is 1. The number of nitrogens with zero attached hydrogens (tertiary/aromatic N) is 2. The van der Waals surface area contributed by atoms with E-state index in [4.69, 9.17) is 12.2 Å². The van der Waals surface area contributed by atoms with Gasteiger partial charge in [0, 0.05) is 26.0 Å². The molecule has 0 saturated carbocycles. The average molecular weight is 336 g/mol. The van der Waals surface area contributed by atoms with Crippen LogP contribution in [-0.4, -0.2) is 36.9 Å². The van der Waals surface area contributed by atoms with Crippen molar-refractivity contribution in [3.63, 3.8) is 0 Å². The van der Waals surface area contributed by atoms with Gasteiger partial charge in [0.1, 0.15) is 0 Å². The number of anilines is 2. The Balaban J connectivity index is 2.12. The highest BCUT2D eigenvalue weighted by molar-refractivity contribution is 7.89. The number of nitrogens with one attached hydrogen (secondary N) is 2. The standard InChI is InChI=1S/C14H16N4O2S2/c1-18(2)22(19,20)13-7-3-5-11(9-13)16-14(21)17-12-6-4-8-15-10-12/h3-10H,1-2H3,(H2,16,17,21). The lowest BCUT2D eigenvalue weighted by Gasteiger charge is -2.14. The first-order valence-corrected chi connectivity index (χ1v) is 8.25. The third kappa shape index (κ3) is 4.00. The Bertz CT molecular complexity index is 761. The fraction of sp³-hybridized carbons (Fsp3) is 0.143. The highest BCUT2D eigenvalue weighted by Gasteiger charge is 2.17. The van der Waals surface area contributed by atoms with E-state index in [2.05, 4.69) is 15.6 Å². The largest absolute Gasteiger partial charge is 0.332 e. The van der Waals surface area contributed by atoms with Gasteiger partial charge in [-0.05, 0) is 42.5 Å². The molecule has 0 spiro atoms. The Morgan fingerprint density at radius 2 is 1.82 bits per heavy atom. The zero-order valence-electron chi connectivity index (χ0n) is 12.1. The van der Waals surface area contributed by atoms with Crippen LogP contribution in [0.4, 0.5) is 11.4 Å². The lowest BCUT2D eigenvalue weighted by atomic mass is 10.3. The summed E-state index contributed by atoms with van der Waals surface area (Å²) in [4.78, 5) is 4.18. The molecule has 6 nitrogen and oxygen atoms in total. The van der Waals surface area contributed by atoms with Crippen molar-refractivity contribution in [1.82, 2.24) is 9.29 Å². The summed E-state index contributed by atoms with van der Waals surface area (Å²) in [6.45, 7) is 0. The van der Waals surface area contributed by atoms with Gasteiger partial charge in [-0.1, -0.05) is 6.07 Å². The fourth-order valence-corrected chi connectivity index (χ4v) is 2.86. The highest BCUT2D eigenvalue weighted by atomic mass is 32.2. The van der Waals surface area contributed by atoms with Crippen molar-refractivity contribution in [3.05, 3.63) is 48.8 Å². The molecule has 116 valence electrons. The molecule has 0 atom stereocenters. The number of benzene rings is 1. The maximum absolute atomic E-state index is 12.1. The van der Waals surface area contributed by atoms with Crippen LogP contribution >= 0.6 is 12.2 Å². The minimum atomic E-state index is -3.47. The predicted octanol–water partition coefficient (Wildman–Crippen LogP) is 2.14. The molecule has 1 aromatic carbocycles. The second-order valence-corrected chi connectivity index (χ2v) is 7.20. The normalized spacial score (nSPS) is 11.2. The summed E-state index contributed by atoms with van der Waals surface area (Å²) < 4.78 is 25.4. The molecule has 0 bridgehead atoms. The van der Waals surface area contributed by atoms with Crippen LogP contribution in [0.1, 0.15) is 0 Å². The molecule has 2 rings (SSSR count). The summed E-state index contributed by atoms with van der Waals surface area (Å²) >= 11 is 5.20. The third-order valence-electron chi connectivity index (χ3n) is 2.79. The SMILES string of the molecule is CN(C)S(=O)(=O)c1cccc(NC(=S)Nc2cccnc2)c1. The lowest BCUT2D eigenvalue weighted by Crippen LogP contribution is -2.23. The quantitative estimate of drug-likeness (QED) is 0.833. The minimum Gasteiger partial charge on any atom is -0.332 e. The maximum atomic E-state index is 12.1. The van der Waals surface area contributed by atoms with Crippen LogP contribution in [0.5, 0.6) is 0 Å². The van der Waals surface area contributed by atoms with Gasteiger partial charge >= 0.3 is 0 Å². The Labute approximate surface area is 135 Å². The van der Waals surface area contributed by atoms with E-state index in [0.717, 1.165) is 5.69 Å². The van der Waals surface area contributed by atoms with Crippen molar-refractivity contribution in [2.24, 2.45) is 0 Å². The molecule has 0 radical (unpaired) electrons. The van der Waals surface area contributed by atoms with Crippen LogP contribution in [0.25, 0.3) is 0 Å². The van der Waals surface area contributed by atoms with Crippen molar-refractivity contribution in [2.75, 3.05) is 24.7 Å². The number of hydrogen-bond donors (Lipinski definition) is 2. The molecule has 22 heavy (non-hydrogen) atoms. The first kappa shape index (κ1) is 16.3. The van der Waals surface area contributed by atoms with Gasteiger partial charge in [-0.25, -0.2) is 12.7 Å². The average Bonchev–Trinajstić information content (AvgIpc) is 2.48. The van der Waals surface area contributed by atoms with Gasteiger partial charge < -0.3 is 10.6 Å². The number of aromatic nitrogens is 1. The first-order chi connectivity index (χ1) is 10.4. The molecule has 2 aromatic rings. The van der Waals surface area contributed by atoms with Gasteiger partial charge in [-0.15, -0.1) is 0 Å². The van der Waals surface area contributed by atoms with Crippen LogP contribution in [0.3, 0.4) is 0 Å². The van der Waals surface area contributed by atoms with E-state index in [1.54, 1.807) is 30.6 Å². The Morgan fingerprint density at radius 1 is 1.14 bits per heavy atom. The fourth-order valence-electron chi connectivity index (χ4n) is 1.68. The molecule has 0 fully saturated rings. The zero-order chi connectivity index (χ0) is 16.2. The van der Waals surface area contributed by atoms with Crippen molar-refractivity contribution in [3.8, 4) is 0 Å². The smallest absolute Gasteiger partial charge is 0.242 e. The van der Waals surface area contributed by atoms with E-state index in [9.17, 15) is 8.42 Å². The summed E-state index contributed by atoms with van der Waals surface area (Å²) in [5.41, 5.74) is 1.33. The Kier molecular flexibility index (Phi) is 5.07. The van der Waals surface area contributed by atoms with Crippen molar-refractivity contribution in [1.29, 1.82) is 0 Å². The molecule has 0 saturated heterocycles. The van der Waals surface area contributed by atoms with Gasteiger partial charge in [0.15, 0.2) is 5.11 Å². The van der Waals surface area contributed by atoms with E-state index < -0.39 is 10.0 Å². The number of rotatable bonds is 4. The van der Waals surface area contributed by atoms with Crippen LogP contribution < -0.4 is 10.6 Å². The Hall–Kier alpha value is -2.03. The van der Waals surface area contributed by atoms with Crippen LogP contribution in [0.2, 0.25) is 0 Å². The molecule has 0 aliphatic rings. The molecule has 0 aliphatic heterocycles. The van der Waals surface area contributed by atoms with Gasteiger partial charge in [-0.2, -0.15) is 0 Å². The number of sulfonamides is 1. The zero-order valence-corrected chi connectivity index (χ0v) is 13.8. The van der Waals surface area contributed by atoms with E-state index in [-0.39, 0.29) is 4.90 Å². The van der Waals surface area contributed by atoms with E-state index in [1.807, 2.05) is 6.07 Å². The van der Waals surface area contributed by atoms with Gasteiger partial charge in [-0.3, -0.25) is 4.98 Å². The molecule has 1 heterocycles. The summed E-state index contributed by atoms with van der Waals surface area (Å²) in [6, 6.07) is 10.1. The van der Waals surface area contributed by atoms with Crippen LogP contribution in [0, 0.1) is 0 Å². The van der Waals surface area contributed by atoms with Crippen LogP contribution in [0.15, 0.2) is 53.7 Å². The van der Waals surface area contributed by atoms with Crippen molar-refractivity contribution >= 4 is 38.7 Å². The summed E-state index contributed by atoms with van der Waals surface area (Å²) in [5.74, 6) is 0. The van der Waals surface area contributed by atoms with Crippen LogP contribution in [-0.2, 0) is 10.0 Å². The monoisotopic (exact) mass is 336 g/mol. The second kappa shape index (κ2) is 6.82. The number of pyridine rings is 1. The molecular weight excluding hydrogens is 320 g/mol. The minimum absolute atomic E-state index is 0.201. The summed E-state index contributed by atoms with van der Waals surface area (Å²) in [5, 5.41) is 6.27. The highest BCUT2D eigenvalue weighted by Crippen LogP contribution is 2.18. The summed E-state index contributed by atoms with van der Waals surface area (Å²) in [6.07, 6.45) is 3.30. The molecule has 0 aliphatic carbocycles. The molecule has 0 amide bonds. The van der Waals surface area contributed by atoms with Gasteiger partial charge in [0.25, 0.3) is 0 Å². The number of hydrogen-bond acceptors (Lipinski definition) is 4. The van der Waals surface area contributed by atoms with E-state index >= 15 is 0 Å². The van der Waals surface area contributed by atoms with Gasteiger partial charge in [0.05, 0.1) is 16.8 Å². The van der Waals surface area contributed by atoms with E-state index in [0.29, 0.717) is 10.8 Å². The molecular formula is C14H16N4O2S2. The first-order valence-electron chi connectivity index (χ1n) is 6.40. The Morgan fingerprint density at radius 3 is 2.45 bits per heavy atom. The molecule has 0 unspecified atom stereocenters. The van der Waals surface area contributed by atoms with Crippen molar-refractivity contribution < 1.29 is 8.42 Å². The lowest BCUT2D eigenvalue weighted by molar-refractivity contribution is 0.521.